The van der Waals surface area contributed by atoms with E-state index in [0.29, 0.717) is 0 Å². The smallest absolute Gasteiger partial charge is 0.163 e. The molecule has 1 heterocycles. The van der Waals surface area contributed by atoms with Crippen LogP contribution in [0.15, 0.2) is 42.7 Å². The lowest BCUT2D eigenvalue weighted by Crippen LogP contribution is -2.14. The van der Waals surface area contributed by atoms with Gasteiger partial charge in [-0.15, -0.1) is 0 Å². The van der Waals surface area contributed by atoms with E-state index in [9.17, 15) is 0 Å². The Morgan fingerprint density at radius 1 is 1.20 bits per heavy atom. The minimum atomic E-state index is -1.18. The van der Waals surface area contributed by atoms with Crippen LogP contribution in [0.2, 0.25) is 0 Å². The monoisotopic (exact) mass is 258 g/mol. The molecule has 0 unspecified atom stereocenters. The van der Waals surface area contributed by atoms with Gasteiger partial charge >= 0.3 is 0 Å². The first kappa shape index (κ1) is 10.9. The predicted octanol–water partition coefficient (Wildman–Crippen LogP) is 3.35. The van der Waals surface area contributed by atoms with E-state index in [1.54, 1.807) is 6.20 Å². The largest absolute Gasteiger partial charge is 0.325 e. The fourth-order valence-corrected chi connectivity index (χ4v) is 2.70. The molecule has 15 heavy (non-hydrogen) atoms. The Balaban J connectivity index is 2.21. The maximum atomic E-state index is 5.86. The van der Waals surface area contributed by atoms with E-state index in [2.05, 4.69) is 17.1 Å². The molecule has 0 atom stereocenters. The second-order valence-corrected chi connectivity index (χ2v) is 6.49. The third-order valence-electron chi connectivity index (χ3n) is 2.04. The first-order valence-corrected chi connectivity index (χ1v) is 7.59. The molecule has 1 aromatic carbocycles. The lowest BCUT2D eigenvalue weighted by Gasteiger charge is -2.07. The molecule has 0 aliphatic heterocycles. The molecule has 0 spiro atoms. The SMILES string of the molecule is ClP(Cl)c1nccn1Cc1ccccc1. The Morgan fingerprint density at radius 2 is 1.93 bits per heavy atom. The van der Waals surface area contributed by atoms with E-state index in [1.807, 2.05) is 29.0 Å². The van der Waals surface area contributed by atoms with Crippen LogP contribution >= 0.6 is 29.1 Å². The first-order valence-electron chi connectivity index (χ1n) is 4.44. The molecule has 0 bridgehead atoms. The minimum Gasteiger partial charge on any atom is -0.325 e. The van der Waals surface area contributed by atoms with Crippen LogP contribution < -0.4 is 5.57 Å². The van der Waals surface area contributed by atoms with Crippen molar-refractivity contribution in [2.75, 3.05) is 0 Å². The summed E-state index contributed by atoms with van der Waals surface area (Å²) < 4.78 is 1.97. The van der Waals surface area contributed by atoms with Crippen molar-refractivity contribution in [3.05, 3.63) is 48.3 Å². The molecule has 0 fully saturated rings. The lowest BCUT2D eigenvalue weighted by atomic mass is 10.2. The molecule has 5 heteroatoms. The van der Waals surface area contributed by atoms with Crippen molar-refractivity contribution < 1.29 is 0 Å². The molecule has 0 radical (unpaired) electrons. The van der Waals surface area contributed by atoms with Gasteiger partial charge in [0.25, 0.3) is 0 Å². The number of nitrogens with zero attached hydrogens (tertiary/aromatic N) is 2. The highest BCUT2D eigenvalue weighted by Gasteiger charge is 2.10. The van der Waals surface area contributed by atoms with Crippen molar-refractivity contribution in [3.8, 4) is 0 Å². The van der Waals surface area contributed by atoms with Gasteiger partial charge in [0, 0.05) is 18.9 Å². The molecule has 0 amide bonds. The summed E-state index contributed by atoms with van der Waals surface area (Å²) in [6.07, 6.45) is 3.61. The molecule has 1 aromatic heterocycles. The van der Waals surface area contributed by atoms with Gasteiger partial charge < -0.3 is 4.57 Å². The molecular formula is C10H9Cl2N2P. The van der Waals surface area contributed by atoms with Gasteiger partial charge in [0.15, 0.2) is 12.2 Å². The zero-order chi connectivity index (χ0) is 10.7. The molecule has 0 aliphatic rings. The van der Waals surface area contributed by atoms with Crippen LogP contribution in [0.3, 0.4) is 0 Å². The normalized spacial score (nSPS) is 10.9. The predicted molar refractivity (Wildman–Crippen MR) is 66.0 cm³/mol. The number of hydrogen-bond acceptors (Lipinski definition) is 1. The molecule has 78 valence electrons. The number of hydrogen-bond donors (Lipinski definition) is 0. The fourth-order valence-electron chi connectivity index (χ4n) is 1.37. The highest BCUT2D eigenvalue weighted by molar-refractivity contribution is 8.08. The molecule has 0 N–H and O–H groups in total. The fraction of sp³-hybridized carbons (Fsp3) is 0.100. The van der Waals surface area contributed by atoms with Crippen molar-refractivity contribution in [1.82, 2.24) is 9.55 Å². The summed E-state index contributed by atoms with van der Waals surface area (Å²) in [6.45, 7) is -0.421. The topological polar surface area (TPSA) is 17.8 Å². The van der Waals surface area contributed by atoms with Gasteiger partial charge in [-0.2, -0.15) is 0 Å². The second kappa shape index (κ2) is 4.98. The van der Waals surface area contributed by atoms with Crippen molar-refractivity contribution in [2.24, 2.45) is 0 Å². The van der Waals surface area contributed by atoms with E-state index >= 15 is 0 Å². The van der Waals surface area contributed by atoms with Gasteiger partial charge in [0.1, 0.15) is 0 Å². The molecule has 2 nitrogen and oxygen atoms in total. The number of rotatable bonds is 3. The summed E-state index contributed by atoms with van der Waals surface area (Å²) in [4.78, 5) is 4.14. The Morgan fingerprint density at radius 3 is 2.60 bits per heavy atom. The first-order chi connectivity index (χ1) is 7.27. The maximum Gasteiger partial charge on any atom is 0.163 e. The van der Waals surface area contributed by atoms with Crippen LogP contribution in [0.5, 0.6) is 0 Å². The minimum absolute atomic E-state index is 0.747. The molecule has 2 aromatic rings. The van der Waals surface area contributed by atoms with Crippen LogP contribution in [0.1, 0.15) is 5.56 Å². The average Bonchev–Trinajstić information content (AvgIpc) is 2.67. The Labute approximate surface area is 99.2 Å². The number of aromatic nitrogens is 2. The van der Waals surface area contributed by atoms with Crippen LogP contribution in [0, 0.1) is 0 Å². The second-order valence-electron chi connectivity index (χ2n) is 3.07. The van der Waals surface area contributed by atoms with Crippen LogP contribution in [-0.4, -0.2) is 9.55 Å². The van der Waals surface area contributed by atoms with Gasteiger partial charge in [0.05, 0.1) is 0 Å². The molecule has 0 aliphatic carbocycles. The van der Waals surface area contributed by atoms with Crippen LogP contribution in [-0.2, 0) is 6.54 Å². The standard InChI is InChI=1S/C10H9Cl2N2P/c11-15(12)10-13-6-7-14(10)8-9-4-2-1-3-5-9/h1-7H,8H2. The number of halogens is 2. The quantitative estimate of drug-likeness (QED) is 0.773. The highest BCUT2D eigenvalue weighted by Crippen LogP contribution is 2.44. The van der Waals surface area contributed by atoms with E-state index < -0.39 is 6.63 Å². The van der Waals surface area contributed by atoms with Gasteiger partial charge in [-0.3, -0.25) is 0 Å². The lowest BCUT2D eigenvalue weighted by molar-refractivity contribution is 0.825. The Kier molecular flexibility index (Phi) is 3.63. The van der Waals surface area contributed by atoms with Crippen LogP contribution in [0.4, 0.5) is 0 Å². The molecule has 0 saturated carbocycles. The van der Waals surface area contributed by atoms with Crippen molar-refractivity contribution in [1.29, 1.82) is 0 Å². The molecule has 0 saturated heterocycles. The summed E-state index contributed by atoms with van der Waals surface area (Å²) in [7, 11) is 0. The van der Waals surface area contributed by atoms with E-state index in [-0.39, 0.29) is 0 Å². The van der Waals surface area contributed by atoms with E-state index in [0.717, 1.165) is 12.1 Å². The van der Waals surface area contributed by atoms with Gasteiger partial charge in [-0.25, -0.2) is 4.98 Å². The van der Waals surface area contributed by atoms with Crippen molar-refractivity contribution in [3.63, 3.8) is 0 Å². The maximum absolute atomic E-state index is 5.86. The van der Waals surface area contributed by atoms with Gasteiger partial charge in [-0.05, 0) is 5.56 Å². The summed E-state index contributed by atoms with van der Waals surface area (Å²) in [5, 5.41) is 0. The third-order valence-corrected chi connectivity index (χ3v) is 3.62. The van der Waals surface area contributed by atoms with Crippen molar-refractivity contribution in [2.45, 2.75) is 6.54 Å². The summed E-state index contributed by atoms with van der Waals surface area (Å²) in [6, 6.07) is 10.1. The van der Waals surface area contributed by atoms with E-state index in [1.165, 1.54) is 5.56 Å². The number of imidazole rings is 1. The summed E-state index contributed by atoms with van der Waals surface area (Å²) in [5.41, 5.74) is 1.96. The van der Waals surface area contributed by atoms with Gasteiger partial charge in [0.2, 0.25) is 0 Å². The summed E-state index contributed by atoms with van der Waals surface area (Å²) >= 11 is 11.7. The zero-order valence-electron chi connectivity index (χ0n) is 7.85. The zero-order valence-corrected chi connectivity index (χ0v) is 10.3. The highest BCUT2D eigenvalue weighted by atomic mass is 35.9. The van der Waals surface area contributed by atoms with Crippen LogP contribution in [0.25, 0.3) is 0 Å². The Bertz CT molecular complexity index is 428. The van der Waals surface area contributed by atoms with E-state index in [4.69, 9.17) is 22.5 Å². The average molecular weight is 259 g/mol. The van der Waals surface area contributed by atoms with Gasteiger partial charge in [-0.1, -0.05) is 52.8 Å². The number of benzene rings is 1. The Hall–Kier alpha value is -0.560. The molecular weight excluding hydrogens is 250 g/mol. The summed E-state index contributed by atoms with van der Waals surface area (Å²) in [5.74, 6) is 0. The van der Waals surface area contributed by atoms with Crippen molar-refractivity contribution >= 4 is 34.7 Å². The third kappa shape index (κ3) is 2.72. The molecule has 2 rings (SSSR count).